The van der Waals surface area contributed by atoms with Crippen LogP contribution in [0.4, 0.5) is 0 Å². The van der Waals surface area contributed by atoms with Gasteiger partial charge < -0.3 is 19.5 Å². The van der Waals surface area contributed by atoms with Crippen LogP contribution in [0.5, 0.6) is 11.5 Å². The Bertz CT molecular complexity index is 1150. The average molecular weight is 462 g/mol. The molecule has 2 unspecified atom stereocenters. The van der Waals surface area contributed by atoms with E-state index in [-0.39, 0.29) is 11.7 Å². The van der Waals surface area contributed by atoms with Crippen molar-refractivity contribution in [2.24, 2.45) is 0 Å². The van der Waals surface area contributed by atoms with E-state index in [1.165, 1.54) is 7.11 Å². The Kier molecular flexibility index (Phi) is 7.06. The molecule has 1 aliphatic heterocycles. The Hall–Kier alpha value is -3.54. The second-order valence-electron chi connectivity index (χ2n) is 8.49. The molecule has 4 rings (SSSR count). The van der Waals surface area contributed by atoms with E-state index in [4.69, 9.17) is 14.2 Å². The van der Waals surface area contributed by atoms with E-state index in [0.29, 0.717) is 54.4 Å². The van der Waals surface area contributed by atoms with Crippen molar-refractivity contribution in [2.45, 2.75) is 45.4 Å². The van der Waals surface area contributed by atoms with Crippen molar-refractivity contribution in [3.8, 4) is 11.5 Å². The summed E-state index contributed by atoms with van der Waals surface area (Å²) in [6.07, 6.45) is 1.09. The van der Waals surface area contributed by atoms with Gasteiger partial charge in [0.15, 0.2) is 17.3 Å². The van der Waals surface area contributed by atoms with Crippen molar-refractivity contribution in [1.82, 2.24) is 5.32 Å². The number of allylic oxidation sites excluding steroid dienone is 3. The number of nitrogens with one attached hydrogen (secondary N) is 1. The highest BCUT2D eigenvalue weighted by Gasteiger charge is 2.41. The number of dihydropyridines is 1. The van der Waals surface area contributed by atoms with E-state index >= 15 is 0 Å². The van der Waals surface area contributed by atoms with E-state index < -0.39 is 11.9 Å². The molecule has 178 valence electrons. The van der Waals surface area contributed by atoms with Crippen molar-refractivity contribution in [3.63, 3.8) is 0 Å². The zero-order valence-corrected chi connectivity index (χ0v) is 20.1. The van der Waals surface area contributed by atoms with Gasteiger partial charge >= 0.3 is 5.97 Å². The Morgan fingerprint density at radius 3 is 2.35 bits per heavy atom. The van der Waals surface area contributed by atoms with Crippen molar-refractivity contribution in [3.05, 3.63) is 82.2 Å². The molecule has 0 saturated carbocycles. The second-order valence-corrected chi connectivity index (χ2v) is 8.49. The van der Waals surface area contributed by atoms with Crippen LogP contribution in [-0.2, 0) is 14.3 Å². The number of hydrogen-bond acceptors (Lipinski definition) is 6. The van der Waals surface area contributed by atoms with Crippen LogP contribution < -0.4 is 14.8 Å². The number of carbonyl (C=O) groups excluding carboxylic acids is 2. The van der Waals surface area contributed by atoms with E-state index in [1.807, 2.05) is 57.2 Å². The van der Waals surface area contributed by atoms with Crippen LogP contribution in [0, 0.1) is 0 Å². The predicted octanol–water partition coefficient (Wildman–Crippen LogP) is 5.02. The lowest BCUT2D eigenvalue weighted by Crippen LogP contribution is -2.36. The third kappa shape index (κ3) is 4.45. The van der Waals surface area contributed by atoms with E-state index in [9.17, 15) is 9.59 Å². The third-order valence-electron chi connectivity index (χ3n) is 6.40. The standard InChI is InChI=1S/C28H31NO5/c1-5-33-23-13-12-19(16-24(23)34-6-2)26-25(28(31)32-4)17(3)29-21-14-20(15-22(30)27(21)26)18-10-8-7-9-11-18/h7-13,16,20,26,29H,5-6,14-15H2,1-4H3. The Labute approximate surface area is 200 Å². The maximum Gasteiger partial charge on any atom is 0.336 e. The molecule has 1 aliphatic carbocycles. The van der Waals surface area contributed by atoms with Crippen molar-refractivity contribution >= 4 is 11.8 Å². The molecular formula is C28H31NO5. The van der Waals surface area contributed by atoms with Gasteiger partial charge in [0.1, 0.15) is 0 Å². The van der Waals surface area contributed by atoms with Crippen molar-refractivity contribution in [1.29, 1.82) is 0 Å². The van der Waals surface area contributed by atoms with Gasteiger partial charge in [0.25, 0.3) is 0 Å². The number of benzene rings is 2. The molecule has 2 atom stereocenters. The summed E-state index contributed by atoms with van der Waals surface area (Å²) in [7, 11) is 1.36. The molecule has 34 heavy (non-hydrogen) atoms. The van der Waals surface area contributed by atoms with Gasteiger partial charge in [-0.3, -0.25) is 4.79 Å². The summed E-state index contributed by atoms with van der Waals surface area (Å²) in [5.41, 5.74) is 4.58. The van der Waals surface area contributed by atoms with Gasteiger partial charge in [0.2, 0.25) is 0 Å². The number of ether oxygens (including phenoxy) is 3. The minimum atomic E-state index is -0.539. The molecule has 0 aromatic heterocycles. The SMILES string of the molecule is CCOc1ccc(C2C(C(=O)OC)=C(C)NC3=C2C(=O)CC(c2ccccc2)C3)cc1OCC. The maximum atomic E-state index is 13.6. The Balaban J connectivity index is 1.82. The molecule has 2 aromatic rings. The molecule has 6 heteroatoms. The summed E-state index contributed by atoms with van der Waals surface area (Å²) in [6.45, 7) is 6.66. The van der Waals surface area contributed by atoms with Gasteiger partial charge in [0.05, 0.1) is 25.9 Å². The number of ketones is 1. The number of methoxy groups -OCH3 is 1. The van der Waals surface area contributed by atoms with Crippen molar-refractivity contribution in [2.75, 3.05) is 20.3 Å². The molecule has 0 saturated heterocycles. The van der Waals surface area contributed by atoms with Crippen LogP contribution in [0.1, 0.15) is 56.6 Å². The fourth-order valence-electron chi connectivity index (χ4n) is 4.96. The smallest absolute Gasteiger partial charge is 0.336 e. The topological polar surface area (TPSA) is 73.9 Å². The van der Waals surface area contributed by atoms with Gasteiger partial charge in [-0.15, -0.1) is 0 Å². The average Bonchev–Trinajstić information content (AvgIpc) is 2.84. The fraction of sp³-hybridized carbons (Fsp3) is 0.357. The molecule has 2 aliphatic rings. The highest BCUT2D eigenvalue weighted by molar-refractivity contribution is 6.04. The third-order valence-corrected chi connectivity index (χ3v) is 6.40. The van der Waals surface area contributed by atoms with Gasteiger partial charge in [0, 0.05) is 29.3 Å². The van der Waals surface area contributed by atoms with Crippen LogP contribution >= 0.6 is 0 Å². The van der Waals surface area contributed by atoms with Crippen LogP contribution in [0.3, 0.4) is 0 Å². The maximum absolute atomic E-state index is 13.6. The molecule has 0 bridgehead atoms. The Morgan fingerprint density at radius 2 is 1.68 bits per heavy atom. The number of hydrogen-bond donors (Lipinski definition) is 1. The fourth-order valence-corrected chi connectivity index (χ4v) is 4.96. The zero-order valence-electron chi connectivity index (χ0n) is 20.1. The van der Waals surface area contributed by atoms with E-state index in [0.717, 1.165) is 16.8 Å². The largest absolute Gasteiger partial charge is 0.490 e. The van der Waals surface area contributed by atoms with Crippen molar-refractivity contribution < 1.29 is 23.8 Å². The number of rotatable bonds is 7. The Morgan fingerprint density at radius 1 is 0.971 bits per heavy atom. The number of esters is 1. The molecular weight excluding hydrogens is 430 g/mol. The first kappa shape index (κ1) is 23.6. The first-order valence-corrected chi connectivity index (χ1v) is 11.7. The summed E-state index contributed by atoms with van der Waals surface area (Å²) >= 11 is 0. The second kappa shape index (κ2) is 10.2. The molecule has 0 spiro atoms. The summed E-state index contributed by atoms with van der Waals surface area (Å²) in [5.74, 6) is 0.361. The normalized spacial score (nSPS) is 19.9. The first-order valence-electron chi connectivity index (χ1n) is 11.7. The van der Waals surface area contributed by atoms with E-state index in [1.54, 1.807) is 0 Å². The number of carbonyl (C=O) groups is 2. The zero-order chi connectivity index (χ0) is 24.2. The molecule has 0 fully saturated rings. The summed E-state index contributed by atoms with van der Waals surface area (Å²) in [4.78, 5) is 26.5. The van der Waals surface area contributed by atoms with Crippen LogP contribution in [-0.4, -0.2) is 32.1 Å². The molecule has 2 aromatic carbocycles. The molecule has 0 amide bonds. The lowest BCUT2D eigenvalue weighted by Gasteiger charge is -2.36. The summed E-state index contributed by atoms with van der Waals surface area (Å²) in [6, 6.07) is 15.7. The molecule has 1 N–H and O–H groups in total. The monoisotopic (exact) mass is 461 g/mol. The molecule has 6 nitrogen and oxygen atoms in total. The summed E-state index contributed by atoms with van der Waals surface area (Å²) < 4.78 is 16.7. The molecule has 0 radical (unpaired) electrons. The quantitative estimate of drug-likeness (QED) is 0.584. The van der Waals surface area contributed by atoms with Gasteiger partial charge in [-0.25, -0.2) is 4.79 Å². The summed E-state index contributed by atoms with van der Waals surface area (Å²) in [5, 5.41) is 3.37. The lowest BCUT2D eigenvalue weighted by atomic mass is 9.71. The highest BCUT2D eigenvalue weighted by Crippen LogP contribution is 2.47. The minimum Gasteiger partial charge on any atom is -0.490 e. The minimum absolute atomic E-state index is 0.0355. The lowest BCUT2D eigenvalue weighted by molar-refractivity contribution is -0.136. The van der Waals surface area contributed by atoms with Gasteiger partial charge in [-0.2, -0.15) is 0 Å². The van der Waals surface area contributed by atoms with Crippen LogP contribution in [0.2, 0.25) is 0 Å². The first-order chi connectivity index (χ1) is 16.5. The van der Waals surface area contributed by atoms with Gasteiger partial charge in [-0.05, 0) is 56.4 Å². The predicted molar refractivity (Wildman–Crippen MR) is 130 cm³/mol. The molecule has 1 heterocycles. The van der Waals surface area contributed by atoms with Gasteiger partial charge in [-0.1, -0.05) is 36.4 Å². The van der Waals surface area contributed by atoms with E-state index in [2.05, 4.69) is 17.4 Å². The van der Waals surface area contributed by atoms with Crippen LogP contribution in [0.15, 0.2) is 71.1 Å². The van der Waals surface area contributed by atoms with Crippen LogP contribution in [0.25, 0.3) is 0 Å². The number of Topliss-reactive ketones (excluding diaryl/α,β-unsaturated/α-hetero) is 1. The highest BCUT2D eigenvalue weighted by atomic mass is 16.5.